The number of nitrogens with zero attached hydrogens (tertiary/aromatic N) is 2. The van der Waals surface area contributed by atoms with E-state index in [1.807, 2.05) is 28.8 Å². The molecule has 0 aliphatic carbocycles. The normalized spacial score (nSPS) is 10.8. The number of carbonyl (C=O) groups is 1. The Kier molecular flexibility index (Phi) is 3.62. The highest BCUT2D eigenvalue weighted by Gasteiger charge is 2.09. The SMILES string of the molecule is COc1cc(Cc2cn3c(C=O)cnc3s2)cc(OC)c1. The number of fused-ring (bicyclic) bond motifs is 1. The van der Waals surface area contributed by atoms with Crippen LogP contribution in [0.2, 0.25) is 0 Å². The molecule has 108 valence electrons. The lowest BCUT2D eigenvalue weighted by Crippen LogP contribution is -1.92. The van der Waals surface area contributed by atoms with Crippen LogP contribution < -0.4 is 9.47 Å². The molecule has 3 aromatic rings. The maximum atomic E-state index is 10.9. The number of hydrogen-bond donors (Lipinski definition) is 0. The Labute approximate surface area is 125 Å². The number of methoxy groups -OCH3 is 2. The maximum absolute atomic E-state index is 10.9. The number of rotatable bonds is 5. The quantitative estimate of drug-likeness (QED) is 0.680. The lowest BCUT2D eigenvalue weighted by atomic mass is 10.1. The number of aromatic nitrogens is 2. The topological polar surface area (TPSA) is 52.8 Å². The Balaban J connectivity index is 1.93. The zero-order chi connectivity index (χ0) is 14.8. The third kappa shape index (κ3) is 2.62. The molecule has 0 amide bonds. The smallest absolute Gasteiger partial charge is 0.194 e. The predicted octanol–water partition coefficient (Wildman–Crippen LogP) is 2.82. The van der Waals surface area contributed by atoms with Gasteiger partial charge in [0.05, 0.1) is 20.4 Å². The van der Waals surface area contributed by atoms with Crippen molar-refractivity contribution in [3.8, 4) is 11.5 Å². The zero-order valence-electron chi connectivity index (χ0n) is 11.7. The Morgan fingerprint density at radius 1 is 1.24 bits per heavy atom. The van der Waals surface area contributed by atoms with E-state index in [0.29, 0.717) is 5.69 Å². The fraction of sp³-hybridized carbons (Fsp3) is 0.200. The molecular weight excluding hydrogens is 288 g/mol. The minimum Gasteiger partial charge on any atom is -0.497 e. The second-order valence-electron chi connectivity index (χ2n) is 4.55. The molecule has 0 radical (unpaired) electrons. The van der Waals surface area contributed by atoms with E-state index in [0.717, 1.165) is 39.6 Å². The van der Waals surface area contributed by atoms with Crippen molar-refractivity contribution < 1.29 is 14.3 Å². The molecule has 0 saturated carbocycles. The number of ether oxygens (including phenoxy) is 2. The monoisotopic (exact) mass is 302 g/mol. The van der Waals surface area contributed by atoms with Gasteiger partial charge in [-0.3, -0.25) is 9.20 Å². The van der Waals surface area contributed by atoms with Gasteiger partial charge in [0.1, 0.15) is 17.2 Å². The van der Waals surface area contributed by atoms with Crippen LogP contribution in [-0.2, 0) is 6.42 Å². The molecule has 3 rings (SSSR count). The van der Waals surface area contributed by atoms with Gasteiger partial charge in [-0.05, 0) is 17.7 Å². The van der Waals surface area contributed by atoms with Crippen molar-refractivity contribution in [1.82, 2.24) is 9.38 Å². The molecule has 0 N–H and O–H groups in total. The summed E-state index contributed by atoms with van der Waals surface area (Å²) in [5.74, 6) is 1.53. The van der Waals surface area contributed by atoms with E-state index in [4.69, 9.17) is 9.47 Å². The first kappa shape index (κ1) is 13.6. The number of benzene rings is 1. The lowest BCUT2D eigenvalue weighted by molar-refractivity contribution is 0.111. The minimum absolute atomic E-state index is 0.565. The summed E-state index contributed by atoms with van der Waals surface area (Å²) >= 11 is 1.57. The molecule has 2 aromatic heterocycles. The average Bonchev–Trinajstić information content (AvgIpc) is 3.06. The number of hydrogen-bond acceptors (Lipinski definition) is 5. The van der Waals surface area contributed by atoms with Crippen molar-refractivity contribution >= 4 is 22.6 Å². The lowest BCUT2D eigenvalue weighted by Gasteiger charge is -2.07. The highest BCUT2D eigenvalue weighted by molar-refractivity contribution is 7.17. The van der Waals surface area contributed by atoms with Crippen LogP contribution in [0, 0.1) is 0 Å². The molecule has 0 bridgehead atoms. The number of carbonyl (C=O) groups excluding carboxylic acids is 1. The summed E-state index contributed by atoms with van der Waals surface area (Å²) in [4.78, 5) is 17.1. The van der Waals surface area contributed by atoms with Crippen LogP contribution in [-0.4, -0.2) is 29.9 Å². The van der Waals surface area contributed by atoms with E-state index in [-0.39, 0.29) is 0 Å². The molecular formula is C15H14N2O3S. The number of thiazole rings is 1. The van der Waals surface area contributed by atoms with E-state index in [2.05, 4.69) is 4.98 Å². The van der Waals surface area contributed by atoms with Crippen LogP contribution >= 0.6 is 11.3 Å². The van der Waals surface area contributed by atoms with E-state index in [1.54, 1.807) is 31.8 Å². The second kappa shape index (κ2) is 5.57. The third-order valence-electron chi connectivity index (χ3n) is 3.20. The Bertz CT molecular complexity index is 769. The molecule has 0 unspecified atom stereocenters. The summed E-state index contributed by atoms with van der Waals surface area (Å²) in [5.41, 5.74) is 1.65. The van der Waals surface area contributed by atoms with Gasteiger partial charge >= 0.3 is 0 Å². The summed E-state index contributed by atoms with van der Waals surface area (Å²) in [5, 5.41) is 0. The van der Waals surface area contributed by atoms with Gasteiger partial charge in [-0.25, -0.2) is 4.98 Å². The van der Waals surface area contributed by atoms with Crippen LogP contribution in [0.5, 0.6) is 11.5 Å². The van der Waals surface area contributed by atoms with Crippen molar-refractivity contribution in [2.75, 3.05) is 14.2 Å². The second-order valence-corrected chi connectivity index (χ2v) is 5.64. The molecule has 0 saturated heterocycles. The van der Waals surface area contributed by atoms with Gasteiger partial charge in [0.2, 0.25) is 0 Å². The van der Waals surface area contributed by atoms with E-state index in [9.17, 15) is 4.79 Å². The first-order valence-corrected chi connectivity index (χ1v) is 7.18. The molecule has 0 aliphatic heterocycles. The highest BCUT2D eigenvalue weighted by Crippen LogP contribution is 2.26. The summed E-state index contributed by atoms with van der Waals surface area (Å²) < 4.78 is 12.4. The summed E-state index contributed by atoms with van der Waals surface area (Å²) in [6.07, 6.45) is 5.07. The van der Waals surface area contributed by atoms with Gasteiger partial charge < -0.3 is 9.47 Å². The van der Waals surface area contributed by atoms with Crippen molar-refractivity contribution in [3.05, 3.63) is 46.7 Å². The fourth-order valence-electron chi connectivity index (χ4n) is 2.19. The first-order valence-electron chi connectivity index (χ1n) is 6.36. The zero-order valence-corrected chi connectivity index (χ0v) is 12.5. The molecule has 2 heterocycles. The summed E-state index contributed by atoms with van der Waals surface area (Å²) in [6.45, 7) is 0. The average molecular weight is 302 g/mol. The molecule has 5 nitrogen and oxygen atoms in total. The van der Waals surface area contributed by atoms with Crippen molar-refractivity contribution in [3.63, 3.8) is 0 Å². The van der Waals surface area contributed by atoms with Crippen molar-refractivity contribution in [2.45, 2.75) is 6.42 Å². The van der Waals surface area contributed by atoms with E-state index in [1.165, 1.54) is 0 Å². The molecule has 0 fully saturated rings. The first-order chi connectivity index (χ1) is 10.2. The number of aldehydes is 1. The number of imidazole rings is 1. The Morgan fingerprint density at radius 2 is 1.95 bits per heavy atom. The maximum Gasteiger partial charge on any atom is 0.194 e. The van der Waals surface area contributed by atoms with Gasteiger partial charge in [-0.2, -0.15) is 0 Å². The predicted molar refractivity (Wildman–Crippen MR) is 80.8 cm³/mol. The van der Waals surface area contributed by atoms with Crippen LogP contribution in [0.1, 0.15) is 20.9 Å². The van der Waals surface area contributed by atoms with Gasteiger partial charge in [-0.1, -0.05) is 0 Å². The molecule has 21 heavy (non-hydrogen) atoms. The van der Waals surface area contributed by atoms with Crippen LogP contribution in [0.25, 0.3) is 4.96 Å². The Hall–Kier alpha value is -2.34. The standard InChI is InChI=1S/C15H14N2O3S/c1-19-12-3-10(4-13(6-12)20-2)5-14-8-17-11(9-18)7-16-15(17)21-14/h3-4,6-9H,5H2,1-2H3. The summed E-state index contributed by atoms with van der Waals surface area (Å²) in [7, 11) is 3.27. The van der Waals surface area contributed by atoms with Gasteiger partial charge in [0.15, 0.2) is 11.2 Å². The van der Waals surface area contributed by atoms with Crippen molar-refractivity contribution in [2.24, 2.45) is 0 Å². The molecule has 0 spiro atoms. The van der Waals surface area contributed by atoms with Gasteiger partial charge in [0.25, 0.3) is 0 Å². The van der Waals surface area contributed by atoms with Crippen molar-refractivity contribution in [1.29, 1.82) is 0 Å². The fourth-order valence-corrected chi connectivity index (χ4v) is 3.18. The van der Waals surface area contributed by atoms with E-state index >= 15 is 0 Å². The van der Waals surface area contributed by atoms with Crippen LogP contribution in [0.15, 0.2) is 30.6 Å². The largest absolute Gasteiger partial charge is 0.497 e. The summed E-state index contributed by atoms with van der Waals surface area (Å²) in [6, 6.07) is 5.80. The van der Waals surface area contributed by atoms with E-state index < -0.39 is 0 Å². The van der Waals surface area contributed by atoms with Crippen LogP contribution in [0.4, 0.5) is 0 Å². The molecule has 0 aliphatic rings. The third-order valence-corrected chi connectivity index (χ3v) is 4.19. The molecule has 0 atom stereocenters. The highest BCUT2D eigenvalue weighted by atomic mass is 32.1. The molecule has 1 aromatic carbocycles. The van der Waals surface area contributed by atoms with Crippen LogP contribution in [0.3, 0.4) is 0 Å². The minimum atomic E-state index is 0.565. The van der Waals surface area contributed by atoms with Gasteiger partial charge in [0, 0.05) is 23.6 Å². The molecule has 6 heteroatoms. The van der Waals surface area contributed by atoms with Gasteiger partial charge in [-0.15, -0.1) is 11.3 Å². The Morgan fingerprint density at radius 3 is 2.57 bits per heavy atom.